The van der Waals surface area contributed by atoms with Crippen LogP contribution in [-0.2, 0) is 15.9 Å². The summed E-state index contributed by atoms with van der Waals surface area (Å²) in [5.41, 5.74) is 0.204. The summed E-state index contributed by atoms with van der Waals surface area (Å²) in [6, 6.07) is 3.72. The van der Waals surface area contributed by atoms with Gasteiger partial charge in [0.25, 0.3) is 0 Å². The third kappa shape index (κ3) is 2.93. The SMILES string of the molecule is CC(C1CC1)N(C)S(=O)(=O)c1ccc(F)c(CCl)c1. The molecule has 0 heterocycles. The second kappa shape index (κ2) is 5.38. The van der Waals surface area contributed by atoms with Crippen molar-refractivity contribution in [3.63, 3.8) is 0 Å². The molecule has 0 aliphatic heterocycles. The second-order valence-corrected chi connectivity index (χ2v) is 7.25. The first-order valence-corrected chi connectivity index (χ1v) is 8.18. The molecule has 1 atom stereocenters. The Hall–Kier alpha value is -0.650. The molecule has 0 saturated heterocycles. The number of sulfonamides is 1. The van der Waals surface area contributed by atoms with Crippen molar-refractivity contribution in [3.05, 3.63) is 29.6 Å². The van der Waals surface area contributed by atoms with Crippen LogP contribution in [0, 0.1) is 11.7 Å². The number of nitrogens with zero attached hydrogens (tertiary/aromatic N) is 1. The summed E-state index contributed by atoms with van der Waals surface area (Å²) in [6.07, 6.45) is 2.13. The highest BCUT2D eigenvalue weighted by molar-refractivity contribution is 7.89. The predicted molar refractivity (Wildman–Crippen MR) is 73.1 cm³/mol. The summed E-state index contributed by atoms with van der Waals surface area (Å²) < 4.78 is 39.6. The first kappa shape index (κ1) is 14.8. The molecule has 106 valence electrons. The second-order valence-electron chi connectivity index (χ2n) is 4.99. The molecule has 1 aromatic rings. The monoisotopic (exact) mass is 305 g/mol. The summed E-state index contributed by atoms with van der Waals surface area (Å²) in [5.74, 6) is -0.0866. The van der Waals surface area contributed by atoms with Gasteiger partial charge < -0.3 is 0 Å². The molecule has 1 aromatic carbocycles. The lowest BCUT2D eigenvalue weighted by Gasteiger charge is -2.24. The van der Waals surface area contributed by atoms with Gasteiger partial charge in [0.1, 0.15) is 5.82 Å². The van der Waals surface area contributed by atoms with Crippen molar-refractivity contribution in [1.82, 2.24) is 4.31 Å². The number of alkyl halides is 1. The molecule has 19 heavy (non-hydrogen) atoms. The number of benzene rings is 1. The Kier molecular flexibility index (Phi) is 4.18. The van der Waals surface area contributed by atoms with Crippen LogP contribution >= 0.6 is 11.6 Å². The van der Waals surface area contributed by atoms with Gasteiger partial charge in [-0.05, 0) is 43.9 Å². The van der Waals surface area contributed by atoms with Crippen LogP contribution in [0.25, 0.3) is 0 Å². The van der Waals surface area contributed by atoms with E-state index in [0.717, 1.165) is 18.9 Å². The number of rotatable bonds is 5. The Morgan fingerprint density at radius 3 is 2.63 bits per heavy atom. The van der Waals surface area contributed by atoms with E-state index in [4.69, 9.17) is 11.6 Å². The molecule has 0 N–H and O–H groups in total. The summed E-state index contributed by atoms with van der Waals surface area (Å²) >= 11 is 5.61. The highest BCUT2D eigenvalue weighted by Crippen LogP contribution is 2.36. The quantitative estimate of drug-likeness (QED) is 0.784. The van der Waals surface area contributed by atoms with E-state index in [-0.39, 0.29) is 22.4 Å². The van der Waals surface area contributed by atoms with Crippen molar-refractivity contribution < 1.29 is 12.8 Å². The van der Waals surface area contributed by atoms with Gasteiger partial charge in [0.05, 0.1) is 10.8 Å². The first-order chi connectivity index (χ1) is 8.87. The van der Waals surface area contributed by atoms with E-state index >= 15 is 0 Å². The van der Waals surface area contributed by atoms with Crippen molar-refractivity contribution in [2.45, 2.75) is 36.6 Å². The Morgan fingerprint density at radius 1 is 1.47 bits per heavy atom. The van der Waals surface area contributed by atoms with Crippen LogP contribution < -0.4 is 0 Å². The van der Waals surface area contributed by atoms with E-state index in [1.807, 2.05) is 6.92 Å². The molecular formula is C13H17ClFNO2S. The first-order valence-electron chi connectivity index (χ1n) is 6.20. The van der Waals surface area contributed by atoms with Gasteiger partial charge in [0.15, 0.2) is 0 Å². The Labute approximate surface area is 118 Å². The summed E-state index contributed by atoms with van der Waals surface area (Å²) in [6.45, 7) is 1.90. The molecule has 1 fully saturated rings. The molecule has 0 aromatic heterocycles. The summed E-state index contributed by atoms with van der Waals surface area (Å²) in [4.78, 5) is 0.0968. The van der Waals surface area contributed by atoms with Crippen molar-refractivity contribution in [2.24, 2.45) is 5.92 Å². The normalized spacial score (nSPS) is 17.7. The molecule has 0 spiro atoms. The van der Waals surface area contributed by atoms with Gasteiger partial charge in [0, 0.05) is 18.7 Å². The fourth-order valence-electron chi connectivity index (χ4n) is 2.07. The smallest absolute Gasteiger partial charge is 0.207 e. The number of hydrogen-bond donors (Lipinski definition) is 0. The van der Waals surface area contributed by atoms with E-state index in [1.54, 1.807) is 7.05 Å². The van der Waals surface area contributed by atoms with E-state index < -0.39 is 15.8 Å². The Balaban J connectivity index is 2.33. The molecule has 1 aliphatic carbocycles. The molecule has 0 bridgehead atoms. The molecule has 1 unspecified atom stereocenters. The lowest BCUT2D eigenvalue weighted by atomic mass is 10.2. The standard InChI is InChI=1S/C13H17ClFNO2S/c1-9(10-3-4-10)16(2)19(17,18)12-5-6-13(15)11(7-12)8-14/h5-7,9-10H,3-4,8H2,1-2H3. The average molecular weight is 306 g/mol. The van der Waals surface area contributed by atoms with Crippen LogP contribution in [0.4, 0.5) is 4.39 Å². The molecule has 0 amide bonds. The minimum atomic E-state index is -3.58. The minimum absolute atomic E-state index is 0.0329. The van der Waals surface area contributed by atoms with Crippen LogP contribution in [-0.4, -0.2) is 25.8 Å². The molecular weight excluding hydrogens is 289 g/mol. The van der Waals surface area contributed by atoms with Gasteiger partial charge in [-0.1, -0.05) is 0 Å². The Morgan fingerprint density at radius 2 is 2.11 bits per heavy atom. The zero-order valence-electron chi connectivity index (χ0n) is 10.9. The number of hydrogen-bond acceptors (Lipinski definition) is 2. The minimum Gasteiger partial charge on any atom is -0.207 e. The zero-order chi connectivity index (χ0) is 14.2. The third-order valence-electron chi connectivity index (χ3n) is 3.72. The topological polar surface area (TPSA) is 37.4 Å². The summed E-state index contributed by atoms with van der Waals surface area (Å²) in [7, 11) is -2.01. The van der Waals surface area contributed by atoms with Crippen molar-refractivity contribution in [2.75, 3.05) is 7.05 Å². The highest BCUT2D eigenvalue weighted by atomic mass is 35.5. The third-order valence-corrected chi connectivity index (χ3v) is 5.94. The van der Waals surface area contributed by atoms with Gasteiger partial charge in [-0.3, -0.25) is 0 Å². The largest absolute Gasteiger partial charge is 0.243 e. The molecule has 1 saturated carbocycles. The van der Waals surface area contributed by atoms with Crippen LogP contribution in [0.2, 0.25) is 0 Å². The maximum absolute atomic E-state index is 13.4. The van der Waals surface area contributed by atoms with Crippen LogP contribution in [0.5, 0.6) is 0 Å². The molecule has 2 rings (SSSR count). The fraction of sp³-hybridized carbons (Fsp3) is 0.538. The average Bonchev–Trinajstić information content (AvgIpc) is 3.21. The van der Waals surface area contributed by atoms with E-state index in [2.05, 4.69) is 0 Å². The van der Waals surface area contributed by atoms with Crippen molar-refractivity contribution in [1.29, 1.82) is 0 Å². The fourth-order valence-corrected chi connectivity index (χ4v) is 3.75. The maximum atomic E-state index is 13.4. The predicted octanol–water partition coefficient (Wildman–Crippen LogP) is 2.98. The van der Waals surface area contributed by atoms with Gasteiger partial charge >= 0.3 is 0 Å². The summed E-state index contributed by atoms with van der Waals surface area (Å²) in [5, 5.41) is 0. The van der Waals surface area contributed by atoms with E-state index in [0.29, 0.717) is 5.92 Å². The zero-order valence-corrected chi connectivity index (χ0v) is 12.5. The van der Waals surface area contributed by atoms with Gasteiger partial charge in [-0.15, -0.1) is 11.6 Å². The van der Waals surface area contributed by atoms with Crippen LogP contribution in [0.1, 0.15) is 25.3 Å². The Bertz CT molecular complexity index is 572. The van der Waals surface area contributed by atoms with Gasteiger partial charge in [-0.25, -0.2) is 12.8 Å². The molecule has 1 aliphatic rings. The van der Waals surface area contributed by atoms with Crippen molar-refractivity contribution in [3.8, 4) is 0 Å². The van der Waals surface area contributed by atoms with Gasteiger partial charge in [-0.2, -0.15) is 4.31 Å². The molecule has 3 nitrogen and oxygen atoms in total. The number of halogens is 2. The van der Waals surface area contributed by atoms with Crippen LogP contribution in [0.3, 0.4) is 0 Å². The molecule has 0 radical (unpaired) electrons. The molecule has 6 heteroatoms. The lowest BCUT2D eigenvalue weighted by molar-refractivity contribution is 0.357. The lowest BCUT2D eigenvalue weighted by Crippen LogP contribution is -2.36. The van der Waals surface area contributed by atoms with E-state index in [9.17, 15) is 12.8 Å². The van der Waals surface area contributed by atoms with E-state index in [1.165, 1.54) is 16.4 Å². The highest BCUT2D eigenvalue weighted by Gasteiger charge is 2.36. The van der Waals surface area contributed by atoms with Crippen molar-refractivity contribution >= 4 is 21.6 Å². The van der Waals surface area contributed by atoms with Crippen LogP contribution in [0.15, 0.2) is 23.1 Å². The maximum Gasteiger partial charge on any atom is 0.243 e. The van der Waals surface area contributed by atoms with Gasteiger partial charge in [0.2, 0.25) is 10.0 Å².